The fourth-order valence-electron chi connectivity index (χ4n) is 2.61. The van der Waals surface area contributed by atoms with E-state index in [9.17, 15) is 8.42 Å². The summed E-state index contributed by atoms with van der Waals surface area (Å²) in [6.45, 7) is 7.75. The highest BCUT2D eigenvalue weighted by Gasteiger charge is 2.22. The van der Waals surface area contributed by atoms with Crippen molar-refractivity contribution in [2.45, 2.75) is 50.5 Å². The Morgan fingerprint density at radius 2 is 1.83 bits per heavy atom. The minimum absolute atomic E-state index is 0.0738. The molecule has 0 saturated heterocycles. The van der Waals surface area contributed by atoms with Crippen molar-refractivity contribution in [3.8, 4) is 0 Å². The highest BCUT2D eigenvalue weighted by Crippen LogP contribution is 2.26. The number of hydrogen-bond acceptors (Lipinski definition) is 4. The molecule has 1 aliphatic carbocycles. The average molecular weight is 335 g/mol. The number of allylic oxidation sites excluding steroid dienone is 3. The molecule has 0 heterocycles. The zero-order valence-electron chi connectivity index (χ0n) is 13.8. The van der Waals surface area contributed by atoms with Gasteiger partial charge in [-0.25, -0.2) is 0 Å². The third-order valence-electron chi connectivity index (χ3n) is 4.06. The van der Waals surface area contributed by atoms with Crippen LogP contribution in [-0.2, 0) is 14.4 Å². The molecule has 126 valence electrons. The van der Waals surface area contributed by atoms with Crippen LogP contribution in [0.5, 0.6) is 0 Å². The van der Waals surface area contributed by atoms with Crippen LogP contribution in [0.4, 0.5) is 0 Å². The molecule has 0 aliphatic heterocycles. The van der Waals surface area contributed by atoms with Crippen LogP contribution in [0.1, 0.15) is 38.2 Å². The number of hydroxylamine groups is 1. The summed E-state index contributed by atoms with van der Waals surface area (Å²) >= 11 is 0. The molecule has 0 radical (unpaired) electrons. The minimum atomic E-state index is -3.75. The molecule has 2 rings (SSSR count). The molecule has 1 aliphatic rings. The maximum absolute atomic E-state index is 12.1. The van der Waals surface area contributed by atoms with Gasteiger partial charge in [0, 0.05) is 6.04 Å². The predicted octanol–water partition coefficient (Wildman–Crippen LogP) is 3.90. The van der Waals surface area contributed by atoms with E-state index in [1.165, 1.54) is 0 Å². The monoisotopic (exact) mass is 335 g/mol. The maximum atomic E-state index is 12.1. The van der Waals surface area contributed by atoms with E-state index in [1.54, 1.807) is 24.3 Å². The standard InChI is InChI=1S/C18H25NO3S/c1-14(2)4-7-16-8-10-17(11-9-16)19-22-23(20,21)18-12-5-15(3)6-13-18/h4-7,12-13,16-17,19H,1,8-11H2,2-3H3/b7-4+. The number of hydrogen-bond donors (Lipinski definition) is 1. The molecule has 0 unspecified atom stereocenters. The van der Waals surface area contributed by atoms with Gasteiger partial charge in [0.05, 0.1) is 4.90 Å². The second-order valence-corrected chi connectivity index (χ2v) is 7.83. The molecule has 1 aromatic rings. The number of benzene rings is 1. The summed E-state index contributed by atoms with van der Waals surface area (Å²) in [6.07, 6.45) is 8.09. The summed E-state index contributed by atoms with van der Waals surface area (Å²) in [6, 6.07) is 6.71. The third kappa shape index (κ3) is 5.61. The second kappa shape index (κ2) is 7.90. The maximum Gasteiger partial charge on any atom is 0.312 e. The first kappa shape index (κ1) is 17.9. The summed E-state index contributed by atoms with van der Waals surface area (Å²) in [4.78, 5) is 0.175. The quantitative estimate of drug-likeness (QED) is 0.633. The van der Waals surface area contributed by atoms with E-state index < -0.39 is 10.1 Å². The summed E-state index contributed by atoms with van der Waals surface area (Å²) in [5.41, 5.74) is 4.80. The first-order valence-electron chi connectivity index (χ1n) is 7.96. The van der Waals surface area contributed by atoms with Crippen molar-refractivity contribution >= 4 is 10.1 Å². The molecule has 1 saturated carbocycles. The van der Waals surface area contributed by atoms with Gasteiger partial charge in [-0.1, -0.05) is 42.0 Å². The lowest BCUT2D eigenvalue weighted by molar-refractivity contribution is 0.133. The van der Waals surface area contributed by atoms with E-state index in [0.717, 1.165) is 36.8 Å². The van der Waals surface area contributed by atoms with Crippen LogP contribution in [0.15, 0.2) is 53.5 Å². The largest absolute Gasteiger partial charge is 0.312 e. The van der Waals surface area contributed by atoms with Crippen molar-refractivity contribution < 1.29 is 12.7 Å². The molecular weight excluding hydrogens is 310 g/mol. The minimum Gasteiger partial charge on any atom is -0.192 e. The Labute approximate surface area is 139 Å². The SMILES string of the molecule is C=C(C)/C=C/C1CCC(NOS(=O)(=O)c2ccc(C)cc2)CC1. The van der Waals surface area contributed by atoms with E-state index >= 15 is 0 Å². The zero-order chi connectivity index (χ0) is 16.9. The van der Waals surface area contributed by atoms with Gasteiger partial charge >= 0.3 is 10.1 Å². The van der Waals surface area contributed by atoms with Gasteiger partial charge in [-0.05, 0) is 57.6 Å². The van der Waals surface area contributed by atoms with Gasteiger partial charge in [0.2, 0.25) is 0 Å². The zero-order valence-corrected chi connectivity index (χ0v) is 14.6. The lowest BCUT2D eigenvalue weighted by Crippen LogP contribution is -2.34. The Hall–Kier alpha value is -1.43. The second-order valence-electron chi connectivity index (χ2n) is 6.29. The highest BCUT2D eigenvalue weighted by molar-refractivity contribution is 7.86. The van der Waals surface area contributed by atoms with Gasteiger partial charge in [0.1, 0.15) is 0 Å². The normalized spacial score (nSPS) is 22.3. The van der Waals surface area contributed by atoms with Crippen molar-refractivity contribution in [3.05, 3.63) is 54.1 Å². The Morgan fingerprint density at radius 3 is 2.39 bits per heavy atom. The third-order valence-corrected chi connectivity index (χ3v) is 5.22. The fourth-order valence-corrected chi connectivity index (χ4v) is 3.44. The van der Waals surface area contributed by atoms with Crippen LogP contribution in [0, 0.1) is 12.8 Å². The summed E-state index contributed by atoms with van der Waals surface area (Å²) in [5, 5.41) is 0. The highest BCUT2D eigenvalue weighted by atomic mass is 32.2. The van der Waals surface area contributed by atoms with Gasteiger partial charge in [0.15, 0.2) is 0 Å². The van der Waals surface area contributed by atoms with E-state index in [0.29, 0.717) is 5.92 Å². The smallest absolute Gasteiger partial charge is 0.192 e. The van der Waals surface area contributed by atoms with Crippen LogP contribution >= 0.6 is 0 Å². The Kier molecular flexibility index (Phi) is 6.16. The van der Waals surface area contributed by atoms with E-state index in [-0.39, 0.29) is 10.9 Å². The molecule has 0 aromatic heterocycles. The molecule has 4 nitrogen and oxygen atoms in total. The topological polar surface area (TPSA) is 55.4 Å². The average Bonchev–Trinajstić information content (AvgIpc) is 2.52. The van der Waals surface area contributed by atoms with Gasteiger partial charge in [-0.15, -0.1) is 0 Å². The predicted molar refractivity (Wildman–Crippen MR) is 92.3 cm³/mol. The first-order chi connectivity index (χ1) is 10.9. The molecule has 0 amide bonds. The van der Waals surface area contributed by atoms with E-state index in [2.05, 4.69) is 24.2 Å². The van der Waals surface area contributed by atoms with Crippen LogP contribution in [0.25, 0.3) is 0 Å². The molecule has 0 atom stereocenters. The number of rotatable bonds is 6. The van der Waals surface area contributed by atoms with Gasteiger partial charge in [-0.2, -0.15) is 18.2 Å². The number of aryl methyl sites for hydroxylation is 1. The number of nitrogens with one attached hydrogen (secondary N) is 1. The fraction of sp³-hybridized carbons (Fsp3) is 0.444. The summed E-state index contributed by atoms with van der Waals surface area (Å²) in [7, 11) is -3.75. The summed E-state index contributed by atoms with van der Waals surface area (Å²) < 4.78 is 29.3. The van der Waals surface area contributed by atoms with Crippen molar-refractivity contribution in [3.63, 3.8) is 0 Å². The van der Waals surface area contributed by atoms with Crippen LogP contribution in [0.2, 0.25) is 0 Å². The van der Waals surface area contributed by atoms with E-state index in [4.69, 9.17) is 4.28 Å². The lowest BCUT2D eigenvalue weighted by atomic mass is 9.86. The Bertz CT molecular complexity index is 654. The van der Waals surface area contributed by atoms with Crippen LogP contribution < -0.4 is 5.48 Å². The molecular formula is C18H25NO3S. The first-order valence-corrected chi connectivity index (χ1v) is 9.37. The van der Waals surface area contributed by atoms with Gasteiger partial charge in [0.25, 0.3) is 0 Å². The molecule has 1 N–H and O–H groups in total. The molecule has 0 bridgehead atoms. The van der Waals surface area contributed by atoms with Gasteiger partial charge in [-0.3, -0.25) is 0 Å². The molecule has 5 heteroatoms. The molecule has 1 fully saturated rings. The van der Waals surface area contributed by atoms with Crippen LogP contribution in [-0.4, -0.2) is 14.5 Å². The van der Waals surface area contributed by atoms with Crippen molar-refractivity contribution in [1.29, 1.82) is 0 Å². The molecule has 1 aromatic carbocycles. The van der Waals surface area contributed by atoms with Gasteiger partial charge < -0.3 is 0 Å². The van der Waals surface area contributed by atoms with Crippen molar-refractivity contribution in [1.82, 2.24) is 5.48 Å². The van der Waals surface area contributed by atoms with Crippen molar-refractivity contribution in [2.24, 2.45) is 5.92 Å². The molecule has 0 spiro atoms. The Balaban J connectivity index is 1.83. The van der Waals surface area contributed by atoms with E-state index in [1.807, 2.05) is 13.8 Å². The van der Waals surface area contributed by atoms with Crippen molar-refractivity contribution in [2.75, 3.05) is 0 Å². The lowest BCUT2D eigenvalue weighted by Gasteiger charge is -2.26. The molecule has 23 heavy (non-hydrogen) atoms. The Morgan fingerprint density at radius 1 is 1.22 bits per heavy atom. The summed E-state index contributed by atoms with van der Waals surface area (Å²) in [5.74, 6) is 0.540. The van der Waals surface area contributed by atoms with Crippen LogP contribution in [0.3, 0.4) is 0 Å².